The third kappa shape index (κ3) is 3.10. The molecule has 0 bridgehead atoms. The van der Waals surface area contributed by atoms with Crippen molar-refractivity contribution < 1.29 is 0 Å². The number of nitrogens with one attached hydrogen (secondary N) is 2. The topological polar surface area (TPSA) is 49.8 Å². The van der Waals surface area contributed by atoms with Crippen LogP contribution in [0.2, 0.25) is 0 Å². The molecule has 0 atom stereocenters. The molecule has 0 unspecified atom stereocenters. The van der Waals surface area contributed by atoms with Crippen LogP contribution in [-0.2, 0) is 0 Å². The van der Waals surface area contributed by atoms with Gasteiger partial charge in [-0.1, -0.05) is 0 Å². The molecule has 0 aliphatic heterocycles. The van der Waals surface area contributed by atoms with Crippen LogP contribution in [0.1, 0.15) is 0 Å². The lowest BCUT2D eigenvalue weighted by Gasteiger charge is -2.07. The van der Waals surface area contributed by atoms with Gasteiger partial charge in [-0.15, -0.1) is 11.8 Å². The fourth-order valence-corrected chi connectivity index (χ4v) is 1.78. The normalized spacial score (nSPS) is 10.0. The van der Waals surface area contributed by atoms with E-state index < -0.39 is 0 Å². The van der Waals surface area contributed by atoms with E-state index in [0.717, 1.165) is 11.5 Å². The van der Waals surface area contributed by atoms with Crippen LogP contribution in [0.3, 0.4) is 0 Å². The molecule has 1 aromatic carbocycles. The Morgan fingerprint density at radius 3 is 2.53 bits per heavy atom. The molecule has 0 radical (unpaired) electrons. The highest BCUT2D eigenvalue weighted by molar-refractivity contribution is 7.98. The van der Waals surface area contributed by atoms with Gasteiger partial charge in [0.15, 0.2) is 0 Å². The second-order valence-corrected chi connectivity index (χ2v) is 4.25. The Bertz CT molecular complexity index is 484. The minimum absolute atomic E-state index is 0.607. The molecule has 4 nitrogen and oxygen atoms in total. The van der Waals surface area contributed by atoms with Crippen molar-refractivity contribution in [2.24, 2.45) is 0 Å². The van der Waals surface area contributed by atoms with E-state index in [-0.39, 0.29) is 0 Å². The average molecular weight is 246 g/mol. The molecule has 2 rings (SSSR count). The number of hydrogen-bond donors (Lipinski definition) is 2. The number of nitrogens with zero attached hydrogens (tertiary/aromatic N) is 2. The van der Waals surface area contributed by atoms with Gasteiger partial charge in [0.2, 0.25) is 5.95 Å². The lowest BCUT2D eigenvalue weighted by atomic mass is 10.3. The van der Waals surface area contributed by atoms with E-state index in [1.54, 1.807) is 25.0 Å². The molecular weight excluding hydrogens is 232 g/mol. The largest absolute Gasteiger partial charge is 0.357 e. The van der Waals surface area contributed by atoms with Crippen molar-refractivity contribution in [1.82, 2.24) is 9.97 Å². The molecule has 88 valence electrons. The van der Waals surface area contributed by atoms with E-state index in [1.807, 2.05) is 18.2 Å². The fraction of sp³-hybridized carbons (Fsp3) is 0.167. The van der Waals surface area contributed by atoms with Gasteiger partial charge < -0.3 is 10.6 Å². The molecule has 2 N–H and O–H groups in total. The smallest absolute Gasteiger partial charge is 0.224 e. The van der Waals surface area contributed by atoms with Crippen molar-refractivity contribution in [3.8, 4) is 0 Å². The summed E-state index contributed by atoms with van der Waals surface area (Å²) in [6.45, 7) is 0. The maximum Gasteiger partial charge on any atom is 0.224 e. The maximum absolute atomic E-state index is 4.29. The molecule has 17 heavy (non-hydrogen) atoms. The molecular formula is C12H14N4S. The van der Waals surface area contributed by atoms with Crippen molar-refractivity contribution in [3.05, 3.63) is 36.5 Å². The van der Waals surface area contributed by atoms with Crippen LogP contribution in [0, 0.1) is 0 Å². The van der Waals surface area contributed by atoms with E-state index >= 15 is 0 Å². The van der Waals surface area contributed by atoms with Crippen molar-refractivity contribution in [2.45, 2.75) is 4.90 Å². The van der Waals surface area contributed by atoms with E-state index in [2.05, 4.69) is 39.0 Å². The summed E-state index contributed by atoms with van der Waals surface area (Å²) in [5.41, 5.74) is 1.02. The number of thioether (sulfide) groups is 1. The van der Waals surface area contributed by atoms with Gasteiger partial charge >= 0.3 is 0 Å². The molecule has 0 aliphatic carbocycles. The fourth-order valence-electron chi connectivity index (χ4n) is 1.37. The van der Waals surface area contributed by atoms with Crippen molar-refractivity contribution in [3.63, 3.8) is 0 Å². The number of hydrogen-bond acceptors (Lipinski definition) is 5. The van der Waals surface area contributed by atoms with Crippen LogP contribution < -0.4 is 10.6 Å². The van der Waals surface area contributed by atoms with Gasteiger partial charge in [0.25, 0.3) is 0 Å². The second kappa shape index (κ2) is 5.54. The van der Waals surface area contributed by atoms with Gasteiger partial charge in [-0.25, -0.2) is 4.98 Å². The van der Waals surface area contributed by atoms with Crippen LogP contribution in [0.4, 0.5) is 17.5 Å². The predicted octanol–water partition coefficient (Wildman–Crippen LogP) is 2.98. The third-order valence-corrected chi connectivity index (χ3v) is 2.99. The Labute approximate surface area is 105 Å². The van der Waals surface area contributed by atoms with Gasteiger partial charge in [-0.2, -0.15) is 4.98 Å². The van der Waals surface area contributed by atoms with Crippen molar-refractivity contribution in [2.75, 3.05) is 23.9 Å². The molecule has 0 amide bonds. The average Bonchev–Trinajstić information content (AvgIpc) is 2.40. The Hall–Kier alpha value is -1.75. The molecule has 0 spiro atoms. The summed E-state index contributed by atoms with van der Waals surface area (Å²) in [5, 5.41) is 6.14. The van der Waals surface area contributed by atoms with Gasteiger partial charge in [0.1, 0.15) is 5.82 Å². The monoisotopic (exact) mass is 246 g/mol. The zero-order valence-electron chi connectivity index (χ0n) is 9.77. The standard InChI is InChI=1S/C12H14N4S/c1-13-12-14-8-7-11(16-12)15-9-3-5-10(17-2)6-4-9/h3-8H,1-2H3,(H2,13,14,15,16). The van der Waals surface area contributed by atoms with E-state index in [4.69, 9.17) is 0 Å². The summed E-state index contributed by atoms with van der Waals surface area (Å²) in [7, 11) is 1.80. The summed E-state index contributed by atoms with van der Waals surface area (Å²) in [5.74, 6) is 1.39. The second-order valence-electron chi connectivity index (χ2n) is 3.37. The number of anilines is 3. The lowest BCUT2D eigenvalue weighted by Crippen LogP contribution is -1.99. The quantitative estimate of drug-likeness (QED) is 0.812. The van der Waals surface area contributed by atoms with E-state index in [0.29, 0.717) is 5.95 Å². The first-order valence-corrected chi connectivity index (χ1v) is 6.46. The minimum atomic E-state index is 0.607. The summed E-state index contributed by atoms with van der Waals surface area (Å²) in [6.07, 6.45) is 3.78. The summed E-state index contributed by atoms with van der Waals surface area (Å²) < 4.78 is 0. The van der Waals surface area contributed by atoms with Crippen LogP contribution in [0.5, 0.6) is 0 Å². The minimum Gasteiger partial charge on any atom is -0.357 e. The van der Waals surface area contributed by atoms with Gasteiger partial charge in [-0.05, 0) is 36.6 Å². The van der Waals surface area contributed by atoms with Gasteiger partial charge in [0, 0.05) is 23.8 Å². The maximum atomic E-state index is 4.29. The first-order valence-electron chi connectivity index (χ1n) is 5.23. The highest BCUT2D eigenvalue weighted by Crippen LogP contribution is 2.20. The zero-order chi connectivity index (χ0) is 12.1. The predicted molar refractivity (Wildman–Crippen MR) is 73.1 cm³/mol. The number of rotatable bonds is 4. The van der Waals surface area contributed by atoms with Crippen LogP contribution >= 0.6 is 11.8 Å². The molecule has 2 aromatic rings. The number of aromatic nitrogens is 2. The third-order valence-electron chi connectivity index (χ3n) is 2.24. The molecule has 1 aromatic heterocycles. The number of benzene rings is 1. The Kier molecular flexibility index (Phi) is 3.82. The Morgan fingerprint density at radius 2 is 1.88 bits per heavy atom. The molecule has 0 saturated carbocycles. The molecule has 0 fully saturated rings. The van der Waals surface area contributed by atoms with Crippen molar-refractivity contribution in [1.29, 1.82) is 0 Å². The molecule has 0 aliphatic rings. The zero-order valence-corrected chi connectivity index (χ0v) is 10.6. The Morgan fingerprint density at radius 1 is 1.12 bits per heavy atom. The first-order chi connectivity index (χ1) is 8.31. The lowest BCUT2D eigenvalue weighted by molar-refractivity contribution is 1.15. The summed E-state index contributed by atoms with van der Waals surface area (Å²) >= 11 is 1.73. The molecule has 0 saturated heterocycles. The molecule has 5 heteroatoms. The SMILES string of the molecule is CNc1nccc(Nc2ccc(SC)cc2)n1. The molecule has 1 heterocycles. The van der Waals surface area contributed by atoms with Gasteiger partial charge in [-0.3, -0.25) is 0 Å². The van der Waals surface area contributed by atoms with E-state index in [9.17, 15) is 0 Å². The summed E-state index contributed by atoms with van der Waals surface area (Å²) in [4.78, 5) is 9.60. The summed E-state index contributed by atoms with van der Waals surface area (Å²) in [6, 6.07) is 10.1. The Balaban J connectivity index is 2.13. The van der Waals surface area contributed by atoms with Crippen LogP contribution in [0.15, 0.2) is 41.4 Å². The van der Waals surface area contributed by atoms with Crippen molar-refractivity contribution >= 4 is 29.2 Å². The first kappa shape index (κ1) is 11.7. The van der Waals surface area contributed by atoms with Crippen LogP contribution in [-0.4, -0.2) is 23.3 Å². The highest BCUT2D eigenvalue weighted by atomic mass is 32.2. The van der Waals surface area contributed by atoms with E-state index in [1.165, 1.54) is 4.90 Å². The highest BCUT2D eigenvalue weighted by Gasteiger charge is 1.98. The van der Waals surface area contributed by atoms with Gasteiger partial charge in [0.05, 0.1) is 0 Å². The van der Waals surface area contributed by atoms with Crippen LogP contribution in [0.25, 0.3) is 0 Å².